The van der Waals surface area contributed by atoms with Crippen LogP contribution in [0.25, 0.3) is 21.5 Å². The Balaban J connectivity index is 1.17. The van der Waals surface area contributed by atoms with Crippen LogP contribution >= 0.6 is 0 Å². The van der Waals surface area contributed by atoms with Crippen molar-refractivity contribution in [3.8, 4) is 0 Å². The van der Waals surface area contributed by atoms with Crippen molar-refractivity contribution in [1.29, 1.82) is 0 Å². The first kappa shape index (κ1) is 26.7. The van der Waals surface area contributed by atoms with Gasteiger partial charge in [0, 0.05) is 37.1 Å². The molecule has 1 aliphatic rings. The summed E-state index contributed by atoms with van der Waals surface area (Å²) >= 11 is 0. The van der Waals surface area contributed by atoms with Gasteiger partial charge in [0.25, 0.3) is 0 Å². The van der Waals surface area contributed by atoms with Gasteiger partial charge in [-0.25, -0.2) is 0 Å². The molecule has 40 heavy (non-hydrogen) atoms. The first-order valence-corrected chi connectivity index (χ1v) is 14.8. The Hall–Kier alpha value is -3.50. The molecule has 5 aromatic carbocycles. The summed E-state index contributed by atoms with van der Waals surface area (Å²) in [6.45, 7) is 2.89. The Morgan fingerprint density at radius 3 is 1.65 bits per heavy atom. The van der Waals surface area contributed by atoms with E-state index in [1.54, 1.807) is 0 Å². The molecule has 1 fully saturated rings. The van der Waals surface area contributed by atoms with Crippen molar-refractivity contribution < 1.29 is 0 Å². The smallest absolute Gasteiger partial charge is 0.0233 e. The molecule has 0 aliphatic heterocycles. The maximum absolute atomic E-state index is 4.02. The van der Waals surface area contributed by atoms with E-state index in [1.807, 2.05) is 0 Å². The van der Waals surface area contributed by atoms with Crippen LogP contribution in [-0.4, -0.2) is 38.8 Å². The fraction of sp³-hybridized carbons (Fsp3) is 0.297. The van der Waals surface area contributed by atoms with Gasteiger partial charge in [0.2, 0.25) is 0 Å². The van der Waals surface area contributed by atoms with Crippen LogP contribution in [0.3, 0.4) is 0 Å². The highest BCUT2D eigenvalue weighted by atomic mass is 15.0. The lowest BCUT2D eigenvalue weighted by molar-refractivity contribution is 0.404. The molecule has 5 aromatic rings. The zero-order chi connectivity index (χ0) is 27.2. The maximum atomic E-state index is 4.02. The molecule has 1 saturated carbocycles. The minimum Gasteiger partial charge on any atom is -0.318 e. The van der Waals surface area contributed by atoms with Gasteiger partial charge in [0.05, 0.1) is 0 Å². The van der Waals surface area contributed by atoms with Crippen LogP contribution in [0.2, 0.25) is 0 Å². The van der Waals surface area contributed by atoms with Crippen LogP contribution in [0.15, 0.2) is 115 Å². The summed E-state index contributed by atoms with van der Waals surface area (Å²) in [4.78, 5) is 0. The van der Waals surface area contributed by atoms with Gasteiger partial charge in [-0.1, -0.05) is 115 Å². The normalized spacial score (nSPS) is 15.7. The minimum atomic E-state index is 0.290. The molecule has 0 heterocycles. The molecule has 0 spiro atoms. The quantitative estimate of drug-likeness (QED) is 0.161. The van der Waals surface area contributed by atoms with Gasteiger partial charge in [-0.2, -0.15) is 0 Å². The predicted molar refractivity (Wildman–Crippen MR) is 170 cm³/mol. The van der Waals surface area contributed by atoms with Crippen LogP contribution in [0.4, 0.5) is 0 Å². The van der Waals surface area contributed by atoms with E-state index >= 15 is 0 Å². The summed E-state index contributed by atoms with van der Waals surface area (Å²) in [5.74, 6) is 0. The molecule has 0 saturated heterocycles. The van der Waals surface area contributed by atoms with Gasteiger partial charge >= 0.3 is 0 Å². The summed E-state index contributed by atoms with van der Waals surface area (Å²) < 4.78 is 0. The van der Waals surface area contributed by atoms with Gasteiger partial charge in [0.1, 0.15) is 0 Å². The fourth-order valence-electron chi connectivity index (χ4n) is 6.14. The number of hydrogen-bond donors (Lipinski definition) is 3. The summed E-state index contributed by atoms with van der Waals surface area (Å²) in [6.07, 6.45) is 4.54. The average molecular weight is 528 g/mol. The topological polar surface area (TPSA) is 36.1 Å². The molecule has 0 unspecified atom stereocenters. The third-order valence-corrected chi connectivity index (χ3v) is 8.66. The molecular weight excluding hydrogens is 486 g/mol. The third-order valence-electron chi connectivity index (χ3n) is 8.66. The molecule has 2 atom stereocenters. The molecule has 1 aliphatic carbocycles. The van der Waals surface area contributed by atoms with Crippen LogP contribution in [0.5, 0.6) is 0 Å². The van der Waals surface area contributed by atoms with Crippen LogP contribution in [-0.2, 0) is 18.3 Å². The van der Waals surface area contributed by atoms with E-state index in [2.05, 4.69) is 138 Å². The van der Waals surface area contributed by atoms with Crippen molar-refractivity contribution in [1.82, 2.24) is 16.0 Å². The fourth-order valence-corrected chi connectivity index (χ4v) is 6.14. The molecule has 3 nitrogen and oxygen atoms in total. The average Bonchev–Trinajstić information content (AvgIpc) is 3.80. The lowest BCUT2D eigenvalue weighted by Gasteiger charge is -2.27. The Bertz CT molecular complexity index is 1540. The molecule has 0 bridgehead atoms. The van der Waals surface area contributed by atoms with Gasteiger partial charge in [-0.3, -0.25) is 0 Å². The van der Waals surface area contributed by atoms with Gasteiger partial charge in [0.15, 0.2) is 0 Å². The number of hydrogen-bond acceptors (Lipinski definition) is 3. The van der Waals surface area contributed by atoms with E-state index in [4.69, 9.17) is 0 Å². The third kappa shape index (κ3) is 6.45. The molecule has 204 valence electrons. The lowest BCUT2D eigenvalue weighted by atomic mass is 9.95. The Morgan fingerprint density at radius 1 is 0.575 bits per heavy atom. The van der Waals surface area contributed by atoms with Crippen molar-refractivity contribution in [2.75, 3.05) is 26.7 Å². The zero-order valence-electron chi connectivity index (χ0n) is 23.6. The van der Waals surface area contributed by atoms with Crippen molar-refractivity contribution in [2.24, 2.45) is 0 Å². The molecular formula is C37H41N3. The van der Waals surface area contributed by atoms with Gasteiger partial charge in [-0.15, -0.1) is 0 Å². The van der Waals surface area contributed by atoms with E-state index < -0.39 is 0 Å². The van der Waals surface area contributed by atoms with Crippen molar-refractivity contribution in [3.05, 3.63) is 132 Å². The van der Waals surface area contributed by atoms with Crippen LogP contribution < -0.4 is 16.0 Å². The van der Waals surface area contributed by atoms with E-state index in [1.165, 1.54) is 51.1 Å². The molecule has 3 N–H and O–H groups in total. The number of rotatable bonds is 13. The SMILES string of the molecule is CNC[C@H](Cc1ccc2ccccc2c1)NC[C@@H](Cc1ccc2ccccc2c1)NCC1(c2ccccc2)CC1. The molecule has 0 amide bonds. The molecule has 0 radical (unpaired) electrons. The van der Waals surface area contributed by atoms with Crippen molar-refractivity contribution >= 4 is 21.5 Å². The maximum Gasteiger partial charge on any atom is 0.0233 e. The van der Waals surface area contributed by atoms with Gasteiger partial charge in [-0.05, 0) is 71.0 Å². The molecule has 6 rings (SSSR count). The Kier molecular flexibility index (Phi) is 8.24. The van der Waals surface area contributed by atoms with Crippen molar-refractivity contribution in [2.45, 2.75) is 43.2 Å². The predicted octanol–water partition coefficient (Wildman–Crippen LogP) is 6.65. The first-order chi connectivity index (χ1) is 19.7. The Labute approximate surface area is 239 Å². The number of benzene rings is 5. The summed E-state index contributed by atoms with van der Waals surface area (Å²) in [7, 11) is 2.05. The lowest BCUT2D eigenvalue weighted by Crippen LogP contribution is -2.48. The van der Waals surface area contributed by atoms with E-state index in [-0.39, 0.29) is 0 Å². The number of nitrogens with one attached hydrogen (secondary N) is 3. The van der Waals surface area contributed by atoms with Crippen LogP contribution in [0, 0.1) is 0 Å². The summed E-state index contributed by atoms with van der Waals surface area (Å²) in [5.41, 5.74) is 4.54. The molecule has 3 heteroatoms. The first-order valence-electron chi connectivity index (χ1n) is 14.8. The second-order valence-electron chi connectivity index (χ2n) is 11.7. The molecule has 0 aromatic heterocycles. The second-order valence-corrected chi connectivity index (χ2v) is 11.7. The van der Waals surface area contributed by atoms with Gasteiger partial charge < -0.3 is 16.0 Å². The summed E-state index contributed by atoms with van der Waals surface area (Å²) in [6, 6.07) is 42.9. The highest BCUT2D eigenvalue weighted by Gasteiger charge is 2.44. The van der Waals surface area contributed by atoms with Crippen LogP contribution in [0.1, 0.15) is 29.5 Å². The summed E-state index contributed by atoms with van der Waals surface area (Å²) in [5, 5.41) is 16.6. The zero-order valence-corrected chi connectivity index (χ0v) is 23.6. The largest absolute Gasteiger partial charge is 0.318 e. The minimum absolute atomic E-state index is 0.290. The number of fused-ring (bicyclic) bond motifs is 2. The van der Waals surface area contributed by atoms with E-state index in [9.17, 15) is 0 Å². The van der Waals surface area contributed by atoms with Crippen molar-refractivity contribution in [3.63, 3.8) is 0 Å². The van der Waals surface area contributed by atoms with E-state index in [0.29, 0.717) is 17.5 Å². The highest BCUT2D eigenvalue weighted by Crippen LogP contribution is 2.47. The second kappa shape index (κ2) is 12.3. The highest BCUT2D eigenvalue weighted by molar-refractivity contribution is 5.83. The number of likely N-dealkylation sites (N-methyl/N-ethyl adjacent to an activating group) is 1. The Morgan fingerprint density at radius 2 is 1.10 bits per heavy atom. The standard InChI is InChI=1S/C37H41N3/c1-38-25-35(23-28-15-17-30-9-5-7-11-32(30)21-28)39-26-36(24-29-16-18-31-10-6-8-12-33(31)22-29)40-27-37(19-20-37)34-13-3-2-4-14-34/h2-18,21-22,35-36,38-40H,19-20,23-27H2,1H3/t35-,36+/m0/s1. The van der Waals surface area contributed by atoms with E-state index in [0.717, 1.165) is 32.5 Å². The monoisotopic (exact) mass is 527 g/mol.